The van der Waals surface area contributed by atoms with Gasteiger partial charge in [-0.25, -0.2) is 0 Å². The molecule has 0 aliphatic carbocycles. The number of methoxy groups -OCH3 is 2. The number of fused-ring (bicyclic) bond motifs is 3. The van der Waals surface area contributed by atoms with Crippen molar-refractivity contribution in [3.63, 3.8) is 0 Å². The predicted molar refractivity (Wildman–Crippen MR) is 112 cm³/mol. The van der Waals surface area contributed by atoms with E-state index in [-0.39, 0.29) is 6.01 Å². The molecule has 0 fully saturated rings. The standard InChI is InChI=1S/C22H24N4O4/c1-4-5-12-29-22-24-21-19(25-26-22)15-8-6-7-9-16(15)23-20(30-21)14-10-11-17(27-2)18(13-14)28-3/h6-11,13,20,23H,4-5,12H2,1-3H3. The van der Waals surface area contributed by atoms with Crippen molar-refractivity contribution >= 4 is 5.69 Å². The molecule has 3 aromatic rings. The number of hydrogen-bond donors (Lipinski definition) is 1. The normalized spacial score (nSPS) is 14.4. The minimum absolute atomic E-state index is 0.202. The summed E-state index contributed by atoms with van der Waals surface area (Å²) in [6, 6.07) is 13.6. The van der Waals surface area contributed by atoms with Crippen LogP contribution in [0.15, 0.2) is 42.5 Å². The fourth-order valence-corrected chi connectivity index (χ4v) is 3.18. The molecule has 1 unspecified atom stereocenters. The molecule has 8 nitrogen and oxygen atoms in total. The van der Waals surface area contributed by atoms with E-state index in [1.807, 2.05) is 42.5 Å². The number of benzene rings is 2. The summed E-state index contributed by atoms with van der Waals surface area (Å²) in [5.41, 5.74) is 3.13. The molecule has 0 saturated heterocycles. The van der Waals surface area contributed by atoms with E-state index in [0.29, 0.717) is 29.7 Å². The summed E-state index contributed by atoms with van der Waals surface area (Å²) in [7, 11) is 3.21. The first-order valence-electron chi connectivity index (χ1n) is 9.85. The van der Waals surface area contributed by atoms with Crippen LogP contribution in [-0.2, 0) is 0 Å². The molecule has 2 aromatic carbocycles. The number of anilines is 1. The van der Waals surface area contributed by atoms with Gasteiger partial charge in [0.2, 0.25) is 5.88 Å². The molecule has 156 valence electrons. The number of nitrogens with zero attached hydrogens (tertiary/aromatic N) is 3. The summed E-state index contributed by atoms with van der Waals surface area (Å²) in [5.74, 6) is 1.61. The molecule has 8 heteroatoms. The zero-order valence-corrected chi connectivity index (χ0v) is 17.2. The third-order valence-corrected chi connectivity index (χ3v) is 4.77. The smallest absolute Gasteiger partial charge is 0.339 e. The van der Waals surface area contributed by atoms with Crippen molar-refractivity contribution in [3.05, 3.63) is 48.0 Å². The van der Waals surface area contributed by atoms with Crippen LogP contribution in [0.2, 0.25) is 0 Å². The van der Waals surface area contributed by atoms with Crippen LogP contribution in [-0.4, -0.2) is 36.0 Å². The van der Waals surface area contributed by atoms with Gasteiger partial charge in [-0.3, -0.25) is 0 Å². The third-order valence-electron chi connectivity index (χ3n) is 4.77. The fraction of sp³-hybridized carbons (Fsp3) is 0.318. The number of hydrogen-bond acceptors (Lipinski definition) is 8. The van der Waals surface area contributed by atoms with Crippen molar-refractivity contribution in [2.24, 2.45) is 0 Å². The zero-order valence-electron chi connectivity index (χ0n) is 17.2. The molecule has 0 radical (unpaired) electrons. The monoisotopic (exact) mass is 408 g/mol. The van der Waals surface area contributed by atoms with Crippen LogP contribution in [0, 0.1) is 0 Å². The second-order valence-corrected chi connectivity index (χ2v) is 6.75. The van der Waals surface area contributed by atoms with Crippen LogP contribution in [0.3, 0.4) is 0 Å². The van der Waals surface area contributed by atoms with Crippen molar-refractivity contribution in [3.8, 4) is 34.6 Å². The highest BCUT2D eigenvalue weighted by Gasteiger charge is 2.27. The van der Waals surface area contributed by atoms with Gasteiger partial charge in [0.05, 0.1) is 20.8 Å². The molecule has 0 bridgehead atoms. The lowest BCUT2D eigenvalue weighted by Crippen LogP contribution is -2.17. The Bertz CT molecular complexity index is 1030. The minimum Gasteiger partial charge on any atom is -0.493 e. The molecule has 30 heavy (non-hydrogen) atoms. The highest BCUT2D eigenvalue weighted by atomic mass is 16.5. The first kappa shape index (κ1) is 19.8. The molecule has 0 saturated carbocycles. The Labute approximate surface area is 175 Å². The van der Waals surface area contributed by atoms with Crippen molar-refractivity contribution in [2.45, 2.75) is 26.0 Å². The molecule has 0 spiro atoms. The van der Waals surface area contributed by atoms with Gasteiger partial charge in [0.25, 0.3) is 0 Å². The number of aromatic nitrogens is 3. The molecule has 2 heterocycles. The highest BCUT2D eigenvalue weighted by Crippen LogP contribution is 2.40. The summed E-state index contributed by atoms with van der Waals surface area (Å²) in [6.45, 7) is 2.63. The van der Waals surface area contributed by atoms with Crippen molar-refractivity contribution in [1.82, 2.24) is 15.2 Å². The van der Waals surface area contributed by atoms with Crippen LogP contribution in [0.25, 0.3) is 11.3 Å². The maximum Gasteiger partial charge on any atom is 0.339 e. The second-order valence-electron chi connectivity index (χ2n) is 6.75. The molecular weight excluding hydrogens is 384 g/mol. The Kier molecular flexibility index (Phi) is 5.83. The minimum atomic E-state index is -0.521. The SMILES string of the molecule is CCCCOc1nnc2c(n1)OC(c1ccc(OC)c(OC)c1)Nc1ccccc1-2. The van der Waals surface area contributed by atoms with E-state index in [4.69, 9.17) is 18.9 Å². The number of nitrogens with one attached hydrogen (secondary N) is 1. The quantitative estimate of drug-likeness (QED) is 0.581. The molecule has 1 aliphatic rings. The van der Waals surface area contributed by atoms with Crippen molar-refractivity contribution < 1.29 is 18.9 Å². The lowest BCUT2D eigenvalue weighted by atomic mass is 10.1. The van der Waals surface area contributed by atoms with E-state index in [0.717, 1.165) is 29.7 Å². The third kappa shape index (κ3) is 3.94. The van der Waals surface area contributed by atoms with Gasteiger partial charge in [-0.05, 0) is 30.7 Å². The molecular formula is C22H24N4O4. The highest BCUT2D eigenvalue weighted by molar-refractivity contribution is 5.79. The van der Waals surface area contributed by atoms with Gasteiger partial charge in [0, 0.05) is 16.8 Å². The Morgan fingerprint density at radius 3 is 2.67 bits per heavy atom. The molecule has 4 rings (SSSR count). The van der Waals surface area contributed by atoms with Gasteiger partial charge in [-0.1, -0.05) is 36.6 Å². The number of ether oxygens (including phenoxy) is 4. The molecule has 1 aromatic heterocycles. The molecule has 1 atom stereocenters. The Balaban J connectivity index is 1.74. The average molecular weight is 408 g/mol. The van der Waals surface area contributed by atoms with E-state index in [9.17, 15) is 0 Å². The molecule has 1 N–H and O–H groups in total. The van der Waals surface area contributed by atoms with Gasteiger partial charge in [-0.2, -0.15) is 4.98 Å². The lowest BCUT2D eigenvalue weighted by molar-refractivity contribution is 0.217. The Hall–Kier alpha value is -3.55. The van der Waals surface area contributed by atoms with Crippen LogP contribution in [0.4, 0.5) is 5.69 Å². The summed E-state index contributed by atoms with van der Waals surface area (Å²) < 4.78 is 22.7. The van der Waals surface area contributed by atoms with Gasteiger partial charge in [0.1, 0.15) is 0 Å². The average Bonchev–Trinajstić information content (AvgIpc) is 2.95. The largest absolute Gasteiger partial charge is 0.493 e. The van der Waals surface area contributed by atoms with E-state index in [2.05, 4.69) is 27.4 Å². The summed E-state index contributed by atoms with van der Waals surface area (Å²) in [4.78, 5) is 4.48. The van der Waals surface area contributed by atoms with E-state index < -0.39 is 6.23 Å². The lowest BCUT2D eigenvalue weighted by Gasteiger charge is -2.20. The number of rotatable bonds is 7. The summed E-state index contributed by atoms with van der Waals surface area (Å²) in [5, 5.41) is 11.9. The van der Waals surface area contributed by atoms with Crippen molar-refractivity contribution in [2.75, 3.05) is 26.1 Å². The van der Waals surface area contributed by atoms with Crippen LogP contribution < -0.4 is 24.3 Å². The topological polar surface area (TPSA) is 87.6 Å². The van der Waals surface area contributed by atoms with E-state index >= 15 is 0 Å². The first-order chi connectivity index (χ1) is 14.7. The van der Waals surface area contributed by atoms with Gasteiger partial charge < -0.3 is 24.3 Å². The van der Waals surface area contributed by atoms with Gasteiger partial charge in [0.15, 0.2) is 23.4 Å². The van der Waals surface area contributed by atoms with E-state index in [1.54, 1.807) is 14.2 Å². The molecule has 0 amide bonds. The van der Waals surface area contributed by atoms with Crippen molar-refractivity contribution in [1.29, 1.82) is 0 Å². The number of unbranched alkanes of at least 4 members (excludes halogenated alkanes) is 1. The maximum atomic E-state index is 6.24. The fourth-order valence-electron chi connectivity index (χ4n) is 3.18. The van der Waals surface area contributed by atoms with E-state index in [1.165, 1.54) is 0 Å². The van der Waals surface area contributed by atoms with Crippen LogP contribution >= 0.6 is 0 Å². The first-order valence-corrected chi connectivity index (χ1v) is 9.85. The zero-order chi connectivity index (χ0) is 20.9. The van der Waals surface area contributed by atoms with Gasteiger partial charge >= 0.3 is 6.01 Å². The summed E-state index contributed by atoms with van der Waals surface area (Å²) in [6.07, 6.45) is 1.42. The van der Waals surface area contributed by atoms with Crippen LogP contribution in [0.1, 0.15) is 31.6 Å². The Morgan fingerprint density at radius 1 is 1.03 bits per heavy atom. The molecule has 1 aliphatic heterocycles. The predicted octanol–water partition coefficient (Wildman–Crippen LogP) is 4.24. The number of para-hydroxylation sites is 1. The Morgan fingerprint density at radius 2 is 1.87 bits per heavy atom. The second kappa shape index (κ2) is 8.86. The van der Waals surface area contributed by atoms with Gasteiger partial charge in [-0.15, -0.1) is 5.10 Å². The summed E-state index contributed by atoms with van der Waals surface area (Å²) >= 11 is 0. The van der Waals surface area contributed by atoms with Crippen LogP contribution in [0.5, 0.6) is 23.4 Å². The maximum absolute atomic E-state index is 6.24.